The van der Waals surface area contributed by atoms with Gasteiger partial charge in [-0.3, -0.25) is 0 Å². The number of anilines is 1. The van der Waals surface area contributed by atoms with Crippen LogP contribution in [0.4, 0.5) is 10.5 Å². The van der Waals surface area contributed by atoms with E-state index in [2.05, 4.69) is 10.6 Å². The van der Waals surface area contributed by atoms with Crippen LogP contribution in [0.2, 0.25) is 0 Å². The van der Waals surface area contributed by atoms with E-state index >= 15 is 0 Å². The van der Waals surface area contributed by atoms with E-state index in [1.54, 1.807) is 52.7 Å². The summed E-state index contributed by atoms with van der Waals surface area (Å²) in [7, 11) is 7.81. The van der Waals surface area contributed by atoms with Crippen molar-refractivity contribution in [3.8, 4) is 28.7 Å². The number of urea groups is 1. The van der Waals surface area contributed by atoms with Gasteiger partial charge in [-0.1, -0.05) is 0 Å². The second-order valence-corrected chi connectivity index (χ2v) is 5.72. The number of carbonyl (C=O) groups excluding carboxylic acids is 1. The molecule has 8 nitrogen and oxygen atoms in total. The average Bonchev–Trinajstić information content (AvgIpc) is 2.73. The molecule has 0 saturated heterocycles. The fourth-order valence-corrected chi connectivity index (χ4v) is 2.68. The molecule has 28 heavy (non-hydrogen) atoms. The van der Waals surface area contributed by atoms with Crippen molar-refractivity contribution in [2.24, 2.45) is 0 Å². The van der Waals surface area contributed by atoms with Crippen LogP contribution in [0, 0.1) is 0 Å². The molecular formula is C20H26N2O6. The maximum absolute atomic E-state index is 12.3. The first-order valence-corrected chi connectivity index (χ1v) is 8.62. The van der Waals surface area contributed by atoms with E-state index in [1.807, 2.05) is 6.07 Å². The van der Waals surface area contributed by atoms with Gasteiger partial charge in [0.25, 0.3) is 0 Å². The van der Waals surface area contributed by atoms with Crippen molar-refractivity contribution in [3.05, 3.63) is 35.9 Å². The maximum Gasteiger partial charge on any atom is 0.319 e. The SMILES string of the molecule is COc1ccc(OC)c(NC(=O)NCCc2cc(OC)c(OC)cc2OC)c1. The highest BCUT2D eigenvalue weighted by atomic mass is 16.5. The molecule has 0 saturated carbocycles. The number of methoxy groups -OCH3 is 5. The van der Waals surface area contributed by atoms with Crippen molar-refractivity contribution < 1.29 is 28.5 Å². The van der Waals surface area contributed by atoms with Crippen molar-refractivity contribution in [2.75, 3.05) is 47.4 Å². The summed E-state index contributed by atoms with van der Waals surface area (Å²) in [6, 6.07) is 8.41. The highest BCUT2D eigenvalue weighted by molar-refractivity contribution is 5.91. The lowest BCUT2D eigenvalue weighted by molar-refractivity contribution is 0.252. The van der Waals surface area contributed by atoms with Crippen LogP contribution in [-0.2, 0) is 6.42 Å². The maximum atomic E-state index is 12.3. The summed E-state index contributed by atoms with van der Waals surface area (Å²) >= 11 is 0. The Morgan fingerprint density at radius 2 is 1.43 bits per heavy atom. The summed E-state index contributed by atoms with van der Waals surface area (Å²) in [6.07, 6.45) is 0.548. The van der Waals surface area contributed by atoms with Crippen LogP contribution in [-0.4, -0.2) is 48.1 Å². The van der Waals surface area contributed by atoms with Gasteiger partial charge in [-0.25, -0.2) is 4.79 Å². The minimum atomic E-state index is -0.356. The second-order valence-electron chi connectivity index (χ2n) is 5.72. The van der Waals surface area contributed by atoms with Gasteiger partial charge in [0, 0.05) is 18.7 Å². The molecule has 2 N–H and O–H groups in total. The molecule has 0 heterocycles. The number of amides is 2. The van der Waals surface area contributed by atoms with Gasteiger partial charge in [-0.05, 0) is 30.2 Å². The van der Waals surface area contributed by atoms with Crippen molar-refractivity contribution in [1.29, 1.82) is 0 Å². The molecule has 0 aliphatic rings. The standard InChI is InChI=1S/C20H26N2O6/c1-24-14-6-7-16(25-2)15(11-14)22-20(23)21-9-8-13-10-18(27-4)19(28-5)12-17(13)26-3/h6-7,10-12H,8-9H2,1-5H3,(H2,21,22,23). The van der Waals surface area contributed by atoms with Crippen LogP contribution in [0.25, 0.3) is 0 Å². The molecule has 0 bridgehead atoms. The van der Waals surface area contributed by atoms with Crippen molar-refractivity contribution in [1.82, 2.24) is 5.32 Å². The number of benzene rings is 2. The van der Waals surface area contributed by atoms with Crippen LogP contribution >= 0.6 is 0 Å². The van der Waals surface area contributed by atoms with Gasteiger partial charge < -0.3 is 34.3 Å². The van der Waals surface area contributed by atoms with Gasteiger partial charge in [-0.2, -0.15) is 0 Å². The quantitative estimate of drug-likeness (QED) is 0.684. The topological polar surface area (TPSA) is 87.3 Å². The Bertz CT molecular complexity index is 810. The Morgan fingerprint density at radius 1 is 0.786 bits per heavy atom. The van der Waals surface area contributed by atoms with E-state index < -0.39 is 0 Å². The lowest BCUT2D eigenvalue weighted by atomic mass is 10.1. The van der Waals surface area contributed by atoms with Crippen molar-refractivity contribution >= 4 is 11.7 Å². The first-order valence-electron chi connectivity index (χ1n) is 8.62. The molecule has 0 aromatic heterocycles. The zero-order chi connectivity index (χ0) is 20.5. The normalized spacial score (nSPS) is 10.0. The number of hydrogen-bond acceptors (Lipinski definition) is 6. The molecule has 0 atom stereocenters. The van der Waals surface area contributed by atoms with E-state index in [-0.39, 0.29) is 6.03 Å². The summed E-state index contributed by atoms with van der Waals surface area (Å²) in [5, 5.41) is 5.57. The van der Waals surface area contributed by atoms with Crippen molar-refractivity contribution in [2.45, 2.75) is 6.42 Å². The molecule has 152 valence electrons. The third-order valence-corrected chi connectivity index (χ3v) is 4.12. The van der Waals surface area contributed by atoms with Gasteiger partial charge in [0.1, 0.15) is 17.2 Å². The molecule has 0 aliphatic heterocycles. The largest absolute Gasteiger partial charge is 0.497 e. The first-order chi connectivity index (χ1) is 13.6. The first kappa shape index (κ1) is 21.0. The highest BCUT2D eigenvalue weighted by Crippen LogP contribution is 2.34. The second kappa shape index (κ2) is 10.1. The molecular weight excluding hydrogens is 364 g/mol. The fourth-order valence-electron chi connectivity index (χ4n) is 2.68. The molecule has 0 unspecified atom stereocenters. The van der Waals surface area contributed by atoms with Gasteiger partial charge in [-0.15, -0.1) is 0 Å². The van der Waals surface area contributed by atoms with E-state index in [1.165, 1.54) is 7.11 Å². The Hall–Kier alpha value is -3.29. The third kappa shape index (κ3) is 5.12. The van der Waals surface area contributed by atoms with Crippen LogP contribution in [0.3, 0.4) is 0 Å². The van der Waals surface area contributed by atoms with Gasteiger partial charge in [0.2, 0.25) is 0 Å². The molecule has 0 radical (unpaired) electrons. The van der Waals surface area contributed by atoms with E-state index in [9.17, 15) is 4.79 Å². The zero-order valence-corrected chi connectivity index (χ0v) is 16.8. The lowest BCUT2D eigenvalue weighted by Crippen LogP contribution is -2.30. The monoisotopic (exact) mass is 390 g/mol. The van der Waals surface area contributed by atoms with Crippen molar-refractivity contribution in [3.63, 3.8) is 0 Å². The van der Waals surface area contributed by atoms with E-state index in [4.69, 9.17) is 23.7 Å². The average molecular weight is 390 g/mol. The number of carbonyl (C=O) groups is 1. The minimum absolute atomic E-state index is 0.356. The van der Waals surface area contributed by atoms with Gasteiger partial charge >= 0.3 is 6.03 Å². The number of hydrogen-bond donors (Lipinski definition) is 2. The molecule has 0 aliphatic carbocycles. The van der Waals surface area contributed by atoms with Crippen LogP contribution in [0.1, 0.15) is 5.56 Å². The molecule has 2 rings (SSSR count). The Morgan fingerprint density at radius 3 is 2.04 bits per heavy atom. The predicted octanol–water partition coefficient (Wildman–Crippen LogP) is 3.09. The van der Waals surface area contributed by atoms with Gasteiger partial charge in [0.05, 0.1) is 41.2 Å². The predicted molar refractivity (Wildman–Crippen MR) is 106 cm³/mol. The molecule has 0 spiro atoms. The molecule has 0 fully saturated rings. The summed E-state index contributed by atoms with van der Waals surface area (Å²) < 4.78 is 26.4. The van der Waals surface area contributed by atoms with Crippen LogP contribution in [0.15, 0.2) is 30.3 Å². The summed E-state index contributed by atoms with van der Waals surface area (Å²) in [5.74, 6) is 3.00. The van der Waals surface area contributed by atoms with E-state index in [0.29, 0.717) is 47.4 Å². The zero-order valence-electron chi connectivity index (χ0n) is 16.8. The Kier molecular flexibility index (Phi) is 7.62. The number of rotatable bonds is 9. The summed E-state index contributed by atoms with van der Waals surface area (Å²) in [5.41, 5.74) is 1.41. The molecule has 8 heteroatoms. The Balaban J connectivity index is 2.01. The molecule has 2 amide bonds. The molecule has 2 aromatic carbocycles. The van der Waals surface area contributed by atoms with E-state index in [0.717, 1.165) is 5.56 Å². The summed E-state index contributed by atoms with van der Waals surface area (Å²) in [4.78, 5) is 12.3. The highest BCUT2D eigenvalue weighted by Gasteiger charge is 2.13. The number of ether oxygens (including phenoxy) is 5. The fraction of sp³-hybridized carbons (Fsp3) is 0.350. The lowest BCUT2D eigenvalue weighted by Gasteiger charge is -2.15. The molecule has 2 aromatic rings. The van der Waals surface area contributed by atoms with Crippen LogP contribution < -0.4 is 34.3 Å². The number of nitrogens with one attached hydrogen (secondary N) is 2. The van der Waals surface area contributed by atoms with Crippen LogP contribution in [0.5, 0.6) is 28.7 Å². The Labute approximate surface area is 164 Å². The smallest absolute Gasteiger partial charge is 0.319 e. The minimum Gasteiger partial charge on any atom is -0.497 e. The van der Waals surface area contributed by atoms with Gasteiger partial charge in [0.15, 0.2) is 11.5 Å². The summed E-state index contributed by atoms with van der Waals surface area (Å²) in [6.45, 7) is 0.393. The third-order valence-electron chi connectivity index (χ3n) is 4.12.